The topological polar surface area (TPSA) is 83.0 Å². The average Bonchev–Trinajstić information content (AvgIpc) is 2.30. The number of rotatable bonds is 2. The highest BCUT2D eigenvalue weighted by atomic mass is 16.4. The van der Waals surface area contributed by atoms with Crippen molar-refractivity contribution in [3.05, 3.63) is 52.7 Å². The van der Waals surface area contributed by atoms with E-state index < -0.39 is 5.97 Å². The summed E-state index contributed by atoms with van der Waals surface area (Å²) in [4.78, 5) is 28.5. The molecule has 0 atom stereocenters. The summed E-state index contributed by atoms with van der Waals surface area (Å²) in [5.41, 5.74) is 0.594. The molecule has 16 heavy (non-hydrogen) atoms. The Labute approximate surface area is 90.4 Å². The average molecular weight is 216 g/mol. The first-order chi connectivity index (χ1) is 7.68. The van der Waals surface area contributed by atoms with E-state index in [0.29, 0.717) is 11.1 Å². The lowest BCUT2D eigenvalue weighted by Crippen LogP contribution is -2.11. The van der Waals surface area contributed by atoms with E-state index in [2.05, 4.69) is 9.97 Å². The van der Waals surface area contributed by atoms with Crippen molar-refractivity contribution in [3.8, 4) is 11.1 Å². The highest BCUT2D eigenvalue weighted by Gasteiger charge is 2.08. The van der Waals surface area contributed by atoms with Gasteiger partial charge < -0.3 is 10.1 Å². The molecule has 0 aliphatic heterocycles. The van der Waals surface area contributed by atoms with Gasteiger partial charge in [-0.3, -0.25) is 9.78 Å². The van der Waals surface area contributed by atoms with Crippen molar-refractivity contribution in [3.63, 3.8) is 0 Å². The first-order valence-electron chi connectivity index (χ1n) is 4.55. The normalized spacial score (nSPS) is 10.0. The molecule has 0 aliphatic rings. The van der Waals surface area contributed by atoms with Crippen LogP contribution < -0.4 is 5.56 Å². The fourth-order valence-electron chi connectivity index (χ4n) is 1.34. The third kappa shape index (κ3) is 1.83. The first kappa shape index (κ1) is 10.1. The highest BCUT2D eigenvalue weighted by Crippen LogP contribution is 2.14. The third-order valence-corrected chi connectivity index (χ3v) is 2.12. The molecule has 0 spiro atoms. The zero-order valence-electron chi connectivity index (χ0n) is 8.18. The molecule has 0 fully saturated rings. The second-order valence-corrected chi connectivity index (χ2v) is 3.18. The summed E-state index contributed by atoms with van der Waals surface area (Å²) in [6.07, 6.45) is 4.26. The molecule has 0 aliphatic carbocycles. The lowest BCUT2D eigenvalue weighted by atomic mass is 10.1. The standard InChI is InChI=1S/C11H8N2O3/c14-10-9(7-2-1-3-12-5-7)4-8(6-13-10)11(15)16/h1-6H,(H,13,14)(H,15,16). The van der Waals surface area contributed by atoms with Gasteiger partial charge in [0.15, 0.2) is 0 Å². The van der Waals surface area contributed by atoms with E-state index in [1.807, 2.05) is 0 Å². The maximum Gasteiger partial charge on any atom is 0.337 e. The lowest BCUT2D eigenvalue weighted by Gasteiger charge is -2.00. The van der Waals surface area contributed by atoms with Gasteiger partial charge in [-0.2, -0.15) is 0 Å². The van der Waals surface area contributed by atoms with E-state index in [0.717, 1.165) is 0 Å². The third-order valence-electron chi connectivity index (χ3n) is 2.12. The molecule has 5 nitrogen and oxygen atoms in total. The van der Waals surface area contributed by atoms with E-state index in [4.69, 9.17) is 5.11 Å². The van der Waals surface area contributed by atoms with Crippen LogP contribution in [0.1, 0.15) is 10.4 Å². The van der Waals surface area contributed by atoms with Crippen LogP contribution in [0.5, 0.6) is 0 Å². The molecule has 2 aromatic rings. The number of pyridine rings is 2. The minimum absolute atomic E-state index is 0.0402. The van der Waals surface area contributed by atoms with Crippen LogP contribution in [0.4, 0.5) is 0 Å². The van der Waals surface area contributed by atoms with Gasteiger partial charge >= 0.3 is 5.97 Å². The van der Waals surface area contributed by atoms with Crippen LogP contribution >= 0.6 is 0 Å². The zero-order valence-corrected chi connectivity index (χ0v) is 8.18. The Morgan fingerprint density at radius 1 is 1.44 bits per heavy atom. The van der Waals surface area contributed by atoms with Crippen molar-refractivity contribution in [2.24, 2.45) is 0 Å². The largest absolute Gasteiger partial charge is 0.478 e. The minimum Gasteiger partial charge on any atom is -0.478 e. The van der Waals surface area contributed by atoms with Crippen molar-refractivity contribution in [1.29, 1.82) is 0 Å². The van der Waals surface area contributed by atoms with Gasteiger partial charge in [-0.1, -0.05) is 6.07 Å². The second kappa shape index (κ2) is 3.98. The number of carboxylic acids is 1. The highest BCUT2D eigenvalue weighted by molar-refractivity contribution is 5.88. The molecule has 2 N–H and O–H groups in total. The number of aromatic nitrogens is 2. The summed E-state index contributed by atoms with van der Waals surface area (Å²) in [5.74, 6) is -1.08. The zero-order chi connectivity index (χ0) is 11.5. The van der Waals surface area contributed by atoms with Crippen LogP contribution in [0.2, 0.25) is 0 Å². The van der Waals surface area contributed by atoms with Crippen LogP contribution in [0, 0.1) is 0 Å². The molecular weight excluding hydrogens is 208 g/mol. The van der Waals surface area contributed by atoms with E-state index in [-0.39, 0.29) is 11.1 Å². The molecule has 0 radical (unpaired) electrons. The summed E-state index contributed by atoms with van der Waals surface area (Å²) in [6.45, 7) is 0. The number of carbonyl (C=O) groups is 1. The lowest BCUT2D eigenvalue weighted by molar-refractivity contribution is 0.0696. The number of H-pyrrole nitrogens is 1. The van der Waals surface area contributed by atoms with E-state index in [9.17, 15) is 9.59 Å². The fraction of sp³-hybridized carbons (Fsp3) is 0. The number of hydrogen-bond acceptors (Lipinski definition) is 3. The predicted octanol–water partition coefficient (Wildman–Crippen LogP) is 1.14. The van der Waals surface area contributed by atoms with Gasteiger partial charge in [0.25, 0.3) is 5.56 Å². The Kier molecular flexibility index (Phi) is 2.51. The van der Waals surface area contributed by atoms with Crippen molar-refractivity contribution in [2.45, 2.75) is 0 Å². The Bertz CT molecular complexity index is 575. The Balaban J connectivity index is 2.61. The van der Waals surface area contributed by atoms with Gasteiger partial charge in [0.05, 0.1) is 5.56 Å². The molecule has 0 aromatic carbocycles. The van der Waals surface area contributed by atoms with Gasteiger partial charge in [0.1, 0.15) is 0 Å². The molecule has 2 aromatic heterocycles. The number of aromatic amines is 1. The summed E-state index contributed by atoms with van der Waals surface area (Å²) >= 11 is 0. The minimum atomic E-state index is -1.08. The molecule has 0 saturated carbocycles. The number of nitrogens with zero attached hydrogens (tertiary/aromatic N) is 1. The van der Waals surface area contributed by atoms with Gasteiger partial charge in [-0.05, 0) is 12.1 Å². The maximum absolute atomic E-state index is 11.5. The monoisotopic (exact) mass is 216 g/mol. The van der Waals surface area contributed by atoms with Crippen LogP contribution in [-0.4, -0.2) is 21.0 Å². The van der Waals surface area contributed by atoms with E-state index >= 15 is 0 Å². The quantitative estimate of drug-likeness (QED) is 0.788. The van der Waals surface area contributed by atoms with E-state index in [1.165, 1.54) is 18.5 Å². The molecule has 0 amide bonds. The maximum atomic E-state index is 11.5. The SMILES string of the molecule is O=C(O)c1c[nH]c(=O)c(-c2cccnc2)c1. The molecule has 0 saturated heterocycles. The van der Waals surface area contributed by atoms with Crippen LogP contribution in [0.3, 0.4) is 0 Å². The van der Waals surface area contributed by atoms with E-state index in [1.54, 1.807) is 18.3 Å². The number of nitrogens with one attached hydrogen (secondary N) is 1. The Morgan fingerprint density at radius 3 is 2.88 bits per heavy atom. The van der Waals surface area contributed by atoms with Crippen molar-refractivity contribution < 1.29 is 9.90 Å². The number of aromatic carboxylic acids is 1. The molecule has 5 heteroatoms. The Morgan fingerprint density at radius 2 is 2.25 bits per heavy atom. The molecule has 0 unspecified atom stereocenters. The molecule has 80 valence electrons. The van der Waals surface area contributed by atoms with Gasteiger partial charge in [-0.15, -0.1) is 0 Å². The van der Waals surface area contributed by atoms with Gasteiger partial charge in [0.2, 0.25) is 0 Å². The first-order valence-corrected chi connectivity index (χ1v) is 4.55. The smallest absolute Gasteiger partial charge is 0.337 e. The number of carboxylic acid groups (broad SMARTS) is 1. The van der Waals surface area contributed by atoms with Crippen molar-refractivity contribution >= 4 is 5.97 Å². The second-order valence-electron chi connectivity index (χ2n) is 3.18. The van der Waals surface area contributed by atoms with Crippen LogP contribution in [0.15, 0.2) is 41.6 Å². The molecule has 0 bridgehead atoms. The summed E-state index contributed by atoms with van der Waals surface area (Å²) < 4.78 is 0. The van der Waals surface area contributed by atoms with Crippen LogP contribution in [0.25, 0.3) is 11.1 Å². The van der Waals surface area contributed by atoms with Crippen LogP contribution in [-0.2, 0) is 0 Å². The summed E-state index contributed by atoms with van der Waals surface area (Å²) in [5, 5.41) is 8.81. The number of hydrogen-bond donors (Lipinski definition) is 2. The fourth-order valence-corrected chi connectivity index (χ4v) is 1.34. The summed E-state index contributed by atoms with van der Waals surface area (Å²) in [7, 11) is 0. The molecular formula is C11H8N2O3. The summed E-state index contributed by atoms with van der Waals surface area (Å²) in [6, 6.07) is 4.71. The molecule has 2 heterocycles. The van der Waals surface area contributed by atoms with Gasteiger partial charge in [-0.25, -0.2) is 4.79 Å². The van der Waals surface area contributed by atoms with Crippen molar-refractivity contribution in [1.82, 2.24) is 9.97 Å². The Hall–Kier alpha value is -2.43. The molecule has 2 rings (SSSR count). The van der Waals surface area contributed by atoms with Gasteiger partial charge in [0, 0.05) is 29.7 Å². The predicted molar refractivity (Wildman–Crippen MR) is 57.3 cm³/mol. The van der Waals surface area contributed by atoms with Crippen molar-refractivity contribution in [2.75, 3.05) is 0 Å².